The molecule has 1 unspecified atom stereocenters. The highest BCUT2D eigenvalue weighted by molar-refractivity contribution is 6.03. The molecule has 1 atom stereocenters. The van der Waals surface area contributed by atoms with E-state index in [0.29, 0.717) is 19.1 Å². The number of anilines is 1. The highest BCUT2D eigenvalue weighted by Gasteiger charge is 2.22. The fraction of sp³-hybridized carbons (Fsp3) is 0.250. The Kier molecular flexibility index (Phi) is 5.39. The Morgan fingerprint density at radius 1 is 1.17 bits per heavy atom. The number of para-hydroxylation sites is 1. The number of rotatable bonds is 5. The smallest absolute Gasteiger partial charge is 0.250 e. The molecule has 1 amide bonds. The van der Waals surface area contributed by atoms with Crippen molar-refractivity contribution < 1.29 is 13.9 Å². The molecule has 1 saturated heterocycles. The third-order valence-corrected chi connectivity index (χ3v) is 4.09. The fourth-order valence-corrected chi connectivity index (χ4v) is 2.75. The normalized spacial score (nSPS) is 17.3. The van der Waals surface area contributed by atoms with Crippen LogP contribution in [0.5, 0.6) is 0 Å². The van der Waals surface area contributed by atoms with Crippen LogP contribution in [-0.4, -0.2) is 25.7 Å². The monoisotopic (exact) mass is 325 g/mol. The van der Waals surface area contributed by atoms with Crippen molar-refractivity contribution in [2.24, 2.45) is 5.92 Å². The van der Waals surface area contributed by atoms with Crippen LogP contribution in [0.15, 0.2) is 60.7 Å². The Labute approximate surface area is 141 Å². The van der Waals surface area contributed by atoms with Crippen molar-refractivity contribution in [3.05, 3.63) is 72.1 Å². The van der Waals surface area contributed by atoms with Crippen molar-refractivity contribution in [1.82, 2.24) is 0 Å². The van der Waals surface area contributed by atoms with Gasteiger partial charge < -0.3 is 9.64 Å². The zero-order valence-corrected chi connectivity index (χ0v) is 13.4. The van der Waals surface area contributed by atoms with E-state index in [0.717, 1.165) is 24.3 Å². The van der Waals surface area contributed by atoms with E-state index >= 15 is 0 Å². The highest BCUT2D eigenvalue weighted by Crippen LogP contribution is 2.20. The molecule has 2 aromatic rings. The Hall–Kier alpha value is -2.46. The van der Waals surface area contributed by atoms with Crippen LogP contribution < -0.4 is 4.90 Å². The summed E-state index contributed by atoms with van der Waals surface area (Å²) >= 11 is 0. The zero-order valence-electron chi connectivity index (χ0n) is 13.4. The Morgan fingerprint density at radius 2 is 1.92 bits per heavy atom. The van der Waals surface area contributed by atoms with Gasteiger partial charge in [0.25, 0.3) is 5.91 Å². The van der Waals surface area contributed by atoms with Crippen molar-refractivity contribution in [3.63, 3.8) is 0 Å². The van der Waals surface area contributed by atoms with Gasteiger partial charge in [0.2, 0.25) is 0 Å². The second kappa shape index (κ2) is 7.88. The average Bonchev–Trinajstić information content (AvgIpc) is 3.13. The molecule has 3 nitrogen and oxygen atoms in total. The van der Waals surface area contributed by atoms with Gasteiger partial charge in [-0.1, -0.05) is 30.3 Å². The summed E-state index contributed by atoms with van der Waals surface area (Å²) in [6.07, 6.45) is 4.22. The van der Waals surface area contributed by atoms with E-state index < -0.39 is 0 Å². The maximum absolute atomic E-state index is 13.0. The SMILES string of the molecule is O=C(/C=C/c1ccc(F)cc1)N(CC1CCOC1)c1ccccc1. The quantitative estimate of drug-likeness (QED) is 0.780. The van der Waals surface area contributed by atoms with Gasteiger partial charge in [-0.2, -0.15) is 0 Å². The lowest BCUT2D eigenvalue weighted by Gasteiger charge is -2.24. The molecule has 0 aliphatic carbocycles. The van der Waals surface area contributed by atoms with Crippen LogP contribution in [0.4, 0.5) is 10.1 Å². The first kappa shape index (κ1) is 16.4. The topological polar surface area (TPSA) is 29.5 Å². The number of hydrogen-bond donors (Lipinski definition) is 0. The number of benzene rings is 2. The van der Waals surface area contributed by atoms with Crippen LogP contribution >= 0.6 is 0 Å². The molecule has 0 N–H and O–H groups in total. The minimum absolute atomic E-state index is 0.0857. The van der Waals surface area contributed by atoms with Crippen molar-refractivity contribution in [2.45, 2.75) is 6.42 Å². The number of halogens is 1. The number of amides is 1. The van der Waals surface area contributed by atoms with Crippen LogP contribution in [0.3, 0.4) is 0 Å². The molecule has 24 heavy (non-hydrogen) atoms. The maximum atomic E-state index is 13.0. The summed E-state index contributed by atoms with van der Waals surface area (Å²) in [6.45, 7) is 2.09. The van der Waals surface area contributed by atoms with E-state index in [1.165, 1.54) is 18.2 Å². The van der Waals surface area contributed by atoms with E-state index in [9.17, 15) is 9.18 Å². The van der Waals surface area contributed by atoms with Crippen molar-refractivity contribution in [1.29, 1.82) is 0 Å². The van der Waals surface area contributed by atoms with Gasteiger partial charge in [0.1, 0.15) is 5.82 Å². The second-order valence-corrected chi connectivity index (χ2v) is 5.90. The van der Waals surface area contributed by atoms with Gasteiger partial charge in [-0.25, -0.2) is 4.39 Å². The Balaban J connectivity index is 1.76. The number of carbonyl (C=O) groups excluding carboxylic acids is 1. The molecule has 1 fully saturated rings. The first-order chi connectivity index (χ1) is 11.7. The lowest BCUT2D eigenvalue weighted by atomic mass is 10.1. The number of carbonyl (C=O) groups is 1. The summed E-state index contributed by atoms with van der Waals surface area (Å²) in [5, 5.41) is 0. The number of hydrogen-bond acceptors (Lipinski definition) is 2. The third kappa shape index (κ3) is 4.30. The van der Waals surface area contributed by atoms with Crippen LogP contribution in [0.2, 0.25) is 0 Å². The third-order valence-electron chi connectivity index (χ3n) is 4.09. The lowest BCUT2D eigenvalue weighted by Crippen LogP contribution is -2.34. The second-order valence-electron chi connectivity index (χ2n) is 5.90. The fourth-order valence-electron chi connectivity index (χ4n) is 2.75. The predicted octanol–water partition coefficient (Wildman–Crippen LogP) is 3.91. The van der Waals surface area contributed by atoms with Gasteiger partial charge in [0.05, 0.1) is 6.61 Å². The Bertz CT molecular complexity index is 691. The van der Waals surface area contributed by atoms with Crippen LogP contribution in [-0.2, 0) is 9.53 Å². The van der Waals surface area contributed by atoms with Crippen molar-refractivity contribution >= 4 is 17.7 Å². The lowest BCUT2D eigenvalue weighted by molar-refractivity contribution is -0.114. The minimum atomic E-state index is -0.286. The van der Waals surface area contributed by atoms with Gasteiger partial charge in [-0.15, -0.1) is 0 Å². The molecule has 3 rings (SSSR count). The predicted molar refractivity (Wildman–Crippen MR) is 93.2 cm³/mol. The number of nitrogens with zero attached hydrogens (tertiary/aromatic N) is 1. The van der Waals surface area contributed by atoms with Gasteiger partial charge in [-0.05, 0) is 42.3 Å². The molecule has 0 radical (unpaired) electrons. The summed E-state index contributed by atoms with van der Waals surface area (Å²) in [6, 6.07) is 15.7. The summed E-state index contributed by atoms with van der Waals surface area (Å²) in [5.74, 6) is -0.0172. The molecule has 1 aliphatic rings. The van der Waals surface area contributed by atoms with Crippen LogP contribution in [0.1, 0.15) is 12.0 Å². The summed E-state index contributed by atoms with van der Waals surface area (Å²) < 4.78 is 18.4. The van der Waals surface area contributed by atoms with E-state index in [1.54, 1.807) is 23.1 Å². The summed E-state index contributed by atoms with van der Waals surface area (Å²) in [4.78, 5) is 14.5. The van der Waals surface area contributed by atoms with E-state index in [1.807, 2.05) is 30.3 Å². The molecule has 0 bridgehead atoms. The molecule has 2 aromatic carbocycles. The summed E-state index contributed by atoms with van der Waals surface area (Å²) in [7, 11) is 0. The molecule has 0 saturated carbocycles. The molecule has 1 heterocycles. The standard InChI is InChI=1S/C20H20FNO2/c21-18-9-6-16(7-10-18)8-11-20(23)22(14-17-12-13-24-15-17)19-4-2-1-3-5-19/h1-11,17H,12-15H2/b11-8+. The van der Waals surface area contributed by atoms with Gasteiger partial charge >= 0.3 is 0 Å². The van der Waals surface area contributed by atoms with E-state index in [4.69, 9.17) is 4.74 Å². The van der Waals surface area contributed by atoms with Crippen LogP contribution in [0.25, 0.3) is 6.08 Å². The molecule has 4 heteroatoms. The van der Waals surface area contributed by atoms with Crippen molar-refractivity contribution in [3.8, 4) is 0 Å². The molecule has 0 spiro atoms. The first-order valence-corrected chi connectivity index (χ1v) is 8.10. The molecule has 1 aliphatic heterocycles. The molecular weight excluding hydrogens is 305 g/mol. The average molecular weight is 325 g/mol. The van der Waals surface area contributed by atoms with Crippen LogP contribution in [0, 0.1) is 11.7 Å². The minimum Gasteiger partial charge on any atom is -0.381 e. The van der Waals surface area contributed by atoms with Gasteiger partial charge in [-0.3, -0.25) is 4.79 Å². The number of ether oxygens (including phenoxy) is 1. The molecule has 0 aromatic heterocycles. The highest BCUT2D eigenvalue weighted by atomic mass is 19.1. The summed E-state index contributed by atoms with van der Waals surface area (Å²) in [5.41, 5.74) is 1.67. The Morgan fingerprint density at radius 3 is 2.58 bits per heavy atom. The van der Waals surface area contributed by atoms with Crippen molar-refractivity contribution in [2.75, 3.05) is 24.7 Å². The van der Waals surface area contributed by atoms with Gasteiger partial charge in [0.15, 0.2) is 0 Å². The zero-order chi connectivity index (χ0) is 16.8. The molecular formula is C20H20FNO2. The van der Waals surface area contributed by atoms with Gasteiger partial charge in [0, 0.05) is 30.8 Å². The molecule has 124 valence electrons. The van der Waals surface area contributed by atoms with E-state index in [-0.39, 0.29) is 11.7 Å². The first-order valence-electron chi connectivity index (χ1n) is 8.10. The maximum Gasteiger partial charge on any atom is 0.250 e. The van der Waals surface area contributed by atoms with E-state index in [2.05, 4.69) is 0 Å². The largest absolute Gasteiger partial charge is 0.381 e.